The van der Waals surface area contributed by atoms with Crippen LogP contribution in [0, 0.1) is 6.92 Å². The molecule has 96 valence electrons. The quantitative estimate of drug-likeness (QED) is 0.760. The summed E-state index contributed by atoms with van der Waals surface area (Å²) in [5.74, 6) is 0. The van der Waals surface area contributed by atoms with Gasteiger partial charge in [-0.25, -0.2) is 0 Å². The summed E-state index contributed by atoms with van der Waals surface area (Å²) in [5.41, 5.74) is 2.39. The van der Waals surface area contributed by atoms with Crippen LogP contribution in [0.15, 0.2) is 24.3 Å². The van der Waals surface area contributed by atoms with Crippen LogP contribution < -0.4 is 5.32 Å². The summed E-state index contributed by atoms with van der Waals surface area (Å²) in [5, 5.41) is 15.5. The number of rotatable bonds is 2. The van der Waals surface area contributed by atoms with E-state index < -0.39 is 5.60 Å². The number of hydrogen-bond donors (Lipinski definition) is 3. The molecule has 2 unspecified atom stereocenters. The number of hydrogen-bond acceptors (Lipinski definition) is 2. The highest BCUT2D eigenvalue weighted by Gasteiger charge is 2.38. The Morgan fingerprint density at radius 1 is 1.33 bits per heavy atom. The number of benzene rings is 1. The van der Waals surface area contributed by atoms with Gasteiger partial charge >= 0.3 is 0 Å². The molecule has 2 atom stereocenters. The summed E-state index contributed by atoms with van der Waals surface area (Å²) in [6.07, 6.45) is 2.17. The molecule has 1 aliphatic rings. The van der Waals surface area contributed by atoms with Crippen molar-refractivity contribution in [2.24, 2.45) is 0 Å². The Labute approximate surface area is 107 Å². The Bertz CT molecular complexity index is 565. The zero-order chi connectivity index (χ0) is 12.8. The maximum atomic E-state index is 11.0. The summed E-state index contributed by atoms with van der Waals surface area (Å²) in [7, 11) is 0. The van der Waals surface area contributed by atoms with Crippen molar-refractivity contribution in [3.63, 3.8) is 0 Å². The van der Waals surface area contributed by atoms with Crippen LogP contribution in [0.4, 0.5) is 0 Å². The second kappa shape index (κ2) is 4.11. The smallest absolute Gasteiger partial charge is 0.104 e. The Morgan fingerprint density at radius 3 is 2.83 bits per heavy atom. The molecule has 1 aliphatic heterocycles. The van der Waals surface area contributed by atoms with E-state index in [9.17, 15) is 5.11 Å². The molecule has 0 aliphatic carbocycles. The average Bonchev–Trinajstić information content (AvgIpc) is 2.94. The van der Waals surface area contributed by atoms with E-state index in [-0.39, 0.29) is 6.04 Å². The van der Waals surface area contributed by atoms with Crippen LogP contribution in [0.1, 0.15) is 31.0 Å². The normalized spacial score (nSPS) is 23.4. The topological polar surface area (TPSA) is 48.0 Å². The third kappa shape index (κ3) is 1.66. The van der Waals surface area contributed by atoms with Gasteiger partial charge in [0.25, 0.3) is 0 Å². The Morgan fingerprint density at radius 2 is 2.11 bits per heavy atom. The molecule has 18 heavy (non-hydrogen) atoms. The summed E-state index contributed by atoms with van der Waals surface area (Å²) in [6.45, 7) is 4.97. The molecule has 1 saturated heterocycles. The van der Waals surface area contributed by atoms with Crippen LogP contribution in [0.2, 0.25) is 0 Å². The van der Waals surface area contributed by atoms with Crippen molar-refractivity contribution in [3.05, 3.63) is 35.5 Å². The molecule has 2 heterocycles. The van der Waals surface area contributed by atoms with Gasteiger partial charge in [0.15, 0.2) is 0 Å². The fourth-order valence-corrected chi connectivity index (χ4v) is 3.27. The van der Waals surface area contributed by atoms with Gasteiger partial charge < -0.3 is 15.4 Å². The lowest BCUT2D eigenvalue weighted by Crippen LogP contribution is -2.43. The van der Waals surface area contributed by atoms with Crippen molar-refractivity contribution < 1.29 is 5.11 Å². The molecule has 1 aromatic heterocycles. The third-order valence-corrected chi connectivity index (χ3v) is 4.14. The first-order valence-corrected chi connectivity index (χ1v) is 6.64. The molecule has 0 amide bonds. The number of H-pyrrole nitrogens is 1. The number of aromatic nitrogens is 1. The number of aromatic amines is 1. The number of aryl methyl sites for hydroxylation is 1. The number of para-hydroxylation sites is 1. The van der Waals surface area contributed by atoms with Crippen LogP contribution in [0.5, 0.6) is 0 Å². The van der Waals surface area contributed by atoms with Crippen LogP contribution in [0.3, 0.4) is 0 Å². The third-order valence-electron chi connectivity index (χ3n) is 4.14. The van der Waals surface area contributed by atoms with Gasteiger partial charge in [-0.2, -0.15) is 0 Å². The predicted octanol–water partition coefficient (Wildman–Crippen LogP) is 2.44. The van der Waals surface area contributed by atoms with Crippen LogP contribution in [0.25, 0.3) is 10.9 Å². The van der Waals surface area contributed by atoms with E-state index in [1.807, 2.05) is 26.0 Å². The van der Waals surface area contributed by atoms with Gasteiger partial charge in [0.2, 0.25) is 0 Å². The second-order valence-electron chi connectivity index (χ2n) is 5.47. The lowest BCUT2D eigenvalue weighted by atomic mass is 9.85. The minimum absolute atomic E-state index is 0.149. The molecular formula is C15H20N2O. The van der Waals surface area contributed by atoms with E-state index in [0.29, 0.717) is 0 Å². The highest BCUT2D eigenvalue weighted by atomic mass is 16.3. The van der Waals surface area contributed by atoms with Crippen molar-refractivity contribution in [3.8, 4) is 0 Å². The Balaban J connectivity index is 2.15. The SMILES string of the molecule is Cc1[nH]c2ccccc2c1C(C)(O)C1CCCN1. The molecule has 0 radical (unpaired) electrons. The zero-order valence-corrected chi connectivity index (χ0v) is 11.0. The zero-order valence-electron chi connectivity index (χ0n) is 11.0. The van der Waals surface area contributed by atoms with E-state index >= 15 is 0 Å². The molecule has 2 aromatic rings. The van der Waals surface area contributed by atoms with Crippen molar-refractivity contribution in [1.29, 1.82) is 0 Å². The van der Waals surface area contributed by atoms with Gasteiger partial charge in [-0.1, -0.05) is 18.2 Å². The first-order chi connectivity index (χ1) is 8.60. The molecule has 0 bridgehead atoms. The van der Waals surface area contributed by atoms with E-state index in [4.69, 9.17) is 0 Å². The highest BCUT2D eigenvalue weighted by molar-refractivity contribution is 5.85. The number of fused-ring (bicyclic) bond motifs is 1. The van der Waals surface area contributed by atoms with Crippen molar-refractivity contribution in [2.45, 2.75) is 38.3 Å². The van der Waals surface area contributed by atoms with Crippen molar-refractivity contribution in [2.75, 3.05) is 6.54 Å². The second-order valence-corrected chi connectivity index (χ2v) is 5.47. The predicted molar refractivity (Wildman–Crippen MR) is 73.6 cm³/mol. The summed E-state index contributed by atoms with van der Waals surface area (Å²) < 4.78 is 0. The monoisotopic (exact) mass is 244 g/mol. The largest absolute Gasteiger partial charge is 0.384 e. The lowest BCUT2D eigenvalue weighted by Gasteiger charge is -2.31. The molecule has 1 aromatic carbocycles. The average molecular weight is 244 g/mol. The van der Waals surface area contributed by atoms with Crippen LogP contribution >= 0.6 is 0 Å². The van der Waals surface area contributed by atoms with Gasteiger partial charge in [0.05, 0.1) is 0 Å². The van der Waals surface area contributed by atoms with E-state index in [1.54, 1.807) is 0 Å². The molecule has 3 rings (SSSR count). The van der Waals surface area contributed by atoms with Crippen LogP contribution in [-0.4, -0.2) is 22.7 Å². The van der Waals surface area contributed by atoms with Crippen molar-refractivity contribution in [1.82, 2.24) is 10.3 Å². The van der Waals surface area contributed by atoms with E-state index in [2.05, 4.69) is 22.4 Å². The van der Waals surface area contributed by atoms with Gasteiger partial charge in [0, 0.05) is 28.2 Å². The van der Waals surface area contributed by atoms with Gasteiger partial charge in [-0.15, -0.1) is 0 Å². The fourth-order valence-electron chi connectivity index (χ4n) is 3.27. The molecule has 3 heteroatoms. The van der Waals surface area contributed by atoms with Crippen LogP contribution in [-0.2, 0) is 5.60 Å². The molecule has 3 nitrogen and oxygen atoms in total. The Hall–Kier alpha value is -1.32. The number of nitrogens with one attached hydrogen (secondary N) is 2. The minimum Gasteiger partial charge on any atom is -0.384 e. The maximum absolute atomic E-state index is 11.0. The maximum Gasteiger partial charge on any atom is 0.104 e. The first-order valence-electron chi connectivity index (χ1n) is 6.64. The van der Waals surface area contributed by atoms with Crippen molar-refractivity contribution >= 4 is 10.9 Å². The fraction of sp³-hybridized carbons (Fsp3) is 0.467. The van der Waals surface area contributed by atoms with Gasteiger partial charge in [-0.05, 0) is 39.3 Å². The number of aliphatic hydroxyl groups is 1. The molecule has 0 saturated carbocycles. The molecular weight excluding hydrogens is 224 g/mol. The minimum atomic E-state index is -0.819. The van der Waals surface area contributed by atoms with E-state index in [1.165, 1.54) is 0 Å². The molecule has 0 spiro atoms. The Kier molecular flexibility index (Phi) is 2.68. The van der Waals surface area contributed by atoms with Gasteiger partial charge in [0.1, 0.15) is 5.60 Å². The van der Waals surface area contributed by atoms with Gasteiger partial charge in [-0.3, -0.25) is 0 Å². The summed E-state index contributed by atoms with van der Waals surface area (Å²) >= 11 is 0. The molecule has 1 fully saturated rings. The first kappa shape index (κ1) is 11.8. The summed E-state index contributed by atoms with van der Waals surface area (Å²) in [6, 6.07) is 8.33. The highest BCUT2D eigenvalue weighted by Crippen LogP contribution is 2.36. The summed E-state index contributed by atoms with van der Waals surface area (Å²) in [4.78, 5) is 3.37. The lowest BCUT2D eigenvalue weighted by molar-refractivity contribution is 0.0227. The van der Waals surface area contributed by atoms with E-state index in [0.717, 1.165) is 41.5 Å². The standard InChI is InChI=1S/C15H20N2O/c1-10-14(11-6-3-4-7-12(11)17-10)15(2,18)13-8-5-9-16-13/h3-4,6-7,13,16-18H,5,8-9H2,1-2H3. The molecule has 3 N–H and O–H groups in total.